The Bertz CT molecular complexity index is 423. The summed E-state index contributed by atoms with van der Waals surface area (Å²) in [7, 11) is 0. The van der Waals surface area contributed by atoms with Crippen molar-refractivity contribution in [2.75, 3.05) is 13.1 Å². The highest BCUT2D eigenvalue weighted by atomic mass is 16.2. The van der Waals surface area contributed by atoms with E-state index in [0.29, 0.717) is 6.42 Å². The Morgan fingerprint density at radius 1 is 1.14 bits per heavy atom. The minimum Gasteiger partial charge on any atom is -0.377 e. The fourth-order valence-corrected chi connectivity index (χ4v) is 3.02. The van der Waals surface area contributed by atoms with E-state index < -0.39 is 0 Å². The number of hydrogen-bond acceptors (Lipinski definition) is 3. The van der Waals surface area contributed by atoms with Gasteiger partial charge in [-0.3, -0.25) is 9.59 Å². The van der Waals surface area contributed by atoms with E-state index in [1.807, 2.05) is 39.5 Å². The molecule has 4 nitrogen and oxygen atoms in total. The predicted octanol–water partition coefficient (Wildman–Crippen LogP) is 3.28. The van der Waals surface area contributed by atoms with E-state index in [0.717, 1.165) is 50.0 Å². The highest BCUT2D eigenvalue weighted by Crippen LogP contribution is 2.22. The van der Waals surface area contributed by atoms with Gasteiger partial charge < -0.3 is 10.2 Å². The maximum absolute atomic E-state index is 12.7. The van der Waals surface area contributed by atoms with Gasteiger partial charge in [0.25, 0.3) is 0 Å². The van der Waals surface area contributed by atoms with Crippen LogP contribution in [0.15, 0.2) is 11.3 Å². The number of rotatable bonds is 6. The summed E-state index contributed by atoms with van der Waals surface area (Å²) in [4.78, 5) is 26.8. The van der Waals surface area contributed by atoms with Crippen molar-refractivity contribution in [1.82, 2.24) is 10.2 Å². The zero-order chi connectivity index (χ0) is 16.7. The van der Waals surface area contributed by atoms with E-state index >= 15 is 0 Å². The van der Waals surface area contributed by atoms with Crippen LogP contribution in [0, 0.1) is 5.92 Å². The molecular formula is C18H32N2O2. The van der Waals surface area contributed by atoms with Gasteiger partial charge in [-0.15, -0.1) is 0 Å². The maximum atomic E-state index is 12.7. The Hall–Kier alpha value is -1.32. The zero-order valence-electron chi connectivity index (χ0n) is 14.9. The first kappa shape index (κ1) is 18.7. The minimum absolute atomic E-state index is 0.126. The first-order valence-corrected chi connectivity index (χ1v) is 8.70. The van der Waals surface area contributed by atoms with Crippen LogP contribution in [-0.2, 0) is 9.59 Å². The lowest BCUT2D eigenvalue weighted by atomic mass is 9.99. The number of likely N-dealkylation sites (N-methyl/N-ethyl adjacent to an activating group) is 1. The first-order valence-electron chi connectivity index (χ1n) is 8.70. The van der Waals surface area contributed by atoms with E-state index in [9.17, 15) is 9.59 Å². The number of carbonyl (C=O) groups is 2. The van der Waals surface area contributed by atoms with E-state index in [-0.39, 0.29) is 23.7 Å². The van der Waals surface area contributed by atoms with Crippen LogP contribution in [-0.4, -0.2) is 35.7 Å². The van der Waals surface area contributed by atoms with Gasteiger partial charge in [0.1, 0.15) is 6.04 Å². The Morgan fingerprint density at radius 3 is 2.27 bits per heavy atom. The van der Waals surface area contributed by atoms with Gasteiger partial charge in [0.05, 0.1) is 0 Å². The summed E-state index contributed by atoms with van der Waals surface area (Å²) < 4.78 is 0. The maximum Gasteiger partial charge on any atom is 0.245 e. The fraction of sp³-hybridized carbons (Fsp3) is 0.778. The van der Waals surface area contributed by atoms with Crippen molar-refractivity contribution in [1.29, 1.82) is 0 Å². The second-order valence-corrected chi connectivity index (χ2v) is 6.46. The molecular weight excluding hydrogens is 276 g/mol. The third-order valence-corrected chi connectivity index (χ3v) is 4.50. The standard InChI is InChI=1S/C18H32N2O2/c1-6-20(7-2)18(22)17(13(3)4)19-14(5)15-11-9-8-10-12-16(15)21/h13,17,19H,6-12H2,1-5H3/b15-14-. The zero-order valence-corrected chi connectivity index (χ0v) is 14.9. The van der Waals surface area contributed by atoms with Crippen LogP contribution in [0.3, 0.4) is 0 Å². The predicted molar refractivity (Wildman–Crippen MR) is 90.5 cm³/mol. The lowest BCUT2D eigenvalue weighted by Crippen LogP contribution is -2.49. The molecule has 126 valence electrons. The van der Waals surface area contributed by atoms with E-state index in [1.54, 1.807) is 0 Å². The second-order valence-electron chi connectivity index (χ2n) is 6.46. The molecule has 1 aliphatic carbocycles. The van der Waals surface area contributed by atoms with Gasteiger partial charge in [-0.05, 0) is 46.0 Å². The number of hydrogen-bond donors (Lipinski definition) is 1. The normalized spacial score (nSPS) is 19.6. The fourth-order valence-electron chi connectivity index (χ4n) is 3.02. The Labute approximate surface area is 135 Å². The lowest BCUT2D eigenvalue weighted by molar-refractivity contribution is -0.134. The molecule has 0 spiro atoms. The molecule has 1 saturated carbocycles. The largest absolute Gasteiger partial charge is 0.377 e. The Morgan fingerprint density at radius 2 is 1.73 bits per heavy atom. The van der Waals surface area contributed by atoms with Crippen molar-refractivity contribution in [2.24, 2.45) is 5.92 Å². The van der Waals surface area contributed by atoms with E-state index in [1.165, 1.54) is 0 Å². The van der Waals surface area contributed by atoms with Gasteiger partial charge in [-0.2, -0.15) is 0 Å². The molecule has 1 aliphatic rings. The average Bonchev–Trinajstić information content (AvgIpc) is 2.69. The second kappa shape index (κ2) is 8.96. The molecule has 0 aromatic carbocycles. The van der Waals surface area contributed by atoms with Crippen LogP contribution in [0.5, 0.6) is 0 Å². The molecule has 1 fully saturated rings. The third-order valence-electron chi connectivity index (χ3n) is 4.50. The number of nitrogens with one attached hydrogen (secondary N) is 1. The van der Waals surface area contributed by atoms with E-state index in [4.69, 9.17) is 0 Å². The third kappa shape index (κ3) is 4.85. The molecule has 4 heteroatoms. The summed E-state index contributed by atoms with van der Waals surface area (Å²) in [6, 6.07) is -0.261. The molecule has 1 N–H and O–H groups in total. The van der Waals surface area contributed by atoms with Crippen molar-refractivity contribution < 1.29 is 9.59 Å². The smallest absolute Gasteiger partial charge is 0.245 e. The molecule has 1 unspecified atom stereocenters. The monoisotopic (exact) mass is 308 g/mol. The molecule has 1 atom stereocenters. The van der Waals surface area contributed by atoms with Crippen molar-refractivity contribution >= 4 is 11.7 Å². The Kier molecular flexibility index (Phi) is 7.63. The number of allylic oxidation sites excluding steroid dienone is 2. The average molecular weight is 308 g/mol. The number of Topliss-reactive ketones (excluding diaryl/α,β-unsaturated/α-hetero) is 1. The summed E-state index contributed by atoms with van der Waals surface area (Å²) in [5.41, 5.74) is 1.79. The summed E-state index contributed by atoms with van der Waals surface area (Å²) in [5, 5.41) is 3.36. The Balaban J connectivity index is 2.94. The minimum atomic E-state index is -0.261. The van der Waals surface area contributed by atoms with Crippen LogP contribution in [0.1, 0.15) is 66.7 Å². The molecule has 0 aromatic rings. The lowest BCUT2D eigenvalue weighted by Gasteiger charge is -2.29. The molecule has 0 aliphatic heterocycles. The number of ketones is 1. The van der Waals surface area contributed by atoms with Crippen molar-refractivity contribution in [3.63, 3.8) is 0 Å². The molecule has 0 saturated heterocycles. The van der Waals surface area contributed by atoms with Crippen molar-refractivity contribution in [3.8, 4) is 0 Å². The highest BCUT2D eigenvalue weighted by Gasteiger charge is 2.27. The summed E-state index contributed by atoms with van der Waals surface area (Å²) in [6.07, 6.45) is 4.65. The van der Waals surface area contributed by atoms with Gasteiger partial charge in [-0.25, -0.2) is 0 Å². The molecule has 0 heterocycles. The van der Waals surface area contributed by atoms with Gasteiger partial charge >= 0.3 is 0 Å². The molecule has 0 radical (unpaired) electrons. The van der Waals surface area contributed by atoms with Gasteiger partial charge in [0.2, 0.25) is 5.91 Å². The number of amides is 1. The quantitative estimate of drug-likeness (QED) is 0.605. The summed E-state index contributed by atoms with van der Waals surface area (Å²) >= 11 is 0. The molecule has 1 rings (SSSR count). The number of nitrogens with zero attached hydrogens (tertiary/aromatic N) is 1. The topological polar surface area (TPSA) is 49.4 Å². The van der Waals surface area contributed by atoms with E-state index in [2.05, 4.69) is 5.32 Å². The van der Waals surface area contributed by atoms with Crippen LogP contribution in [0.2, 0.25) is 0 Å². The van der Waals surface area contributed by atoms with Crippen LogP contribution in [0.4, 0.5) is 0 Å². The first-order chi connectivity index (χ1) is 10.4. The van der Waals surface area contributed by atoms with Gasteiger partial charge in [0.15, 0.2) is 5.78 Å². The summed E-state index contributed by atoms with van der Waals surface area (Å²) in [6.45, 7) is 11.5. The van der Waals surface area contributed by atoms with Crippen LogP contribution in [0.25, 0.3) is 0 Å². The molecule has 0 bridgehead atoms. The van der Waals surface area contributed by atoms with Crippen molar-refractivity contribution in [3.05, 3.63) is 11.3 Å². The van der Waals surface area contributed by atoms with Gasteiger partial charge in [-0.1, -0.05) is 20.3 Å². The van der Waals surface area contributed by atoms with Gasteiger partial charge in [0, 0.05) is 30.8 Å². The summed E-state index contributed by atoms with van der Waals surface area (Å²) in [5.74, 6) is 0.561. The molecule has 0 aromatic heterocycles. The van der Waals surface area contributed by atoms with Crippen LogP contribution >= 0.6 is 0 Å². The SMILES string of the molecule is CCN(CC)C(=O)C(N/C(C)=C1/CCCCCC1=O)C(C)C. The highest BCUT2D eigenvalue weighted by molar-refractivity contribution is 5.96. The van der Waals surface area contributed by atoms with Crippen LogP contribution < -0.4 is 5.32 Å². The number of carbonyl (C=O) groups excluding carboxylic acids is 2. The molecule has 22 heavy (non-hydrogen) atoms. The molecule has 1 amide bonds. The van der Waals surface area contributed by atoms with Crippen molar-refractivity contribution in [2.45, 2.75) is 72.8 Å².